The van der Waals surface area contributed by atoms with E-state index in [1.54, 1.807) is 0 Å². The number of carbonyl (C=O) groups is 1. The summed E-state index contributed by atoms with van der Waals surface area (Å²) in [5.74, 6) is 0. The van der Waals surface area contributed by atoms with Gasteiger partial charge in [0.2, 0.25) is 0 Å². The maximum atomic E-state index is 12.6. The smallest absolute Gasteiger partial charge is 0.416 e. The van der Waals surface area contributed by atoms with Crippen LogP contribution >= 0.6 is 0 Å². The second kappa shape index (κ2) is 4.16. The van der Waals surface area contributed by atoms with E-state index in [0.29, 0.717) is 6.42 Å². The number of hydrogen-bond acceptors (Lipinski definition) is 2. The molecule has 2 rings (SSSR count). The molecule has 0 radical (unpaired) electrons. The molecule has 0 saturated heterocycles. The van der Waals surface area contributed by atoms with Crippen molar-refractivity contribution in [2.75, 3.05) is 11.4 Å². The maximum absolute atomic E-state index is 12.6. The predicted molar refractivity (Wildman–Crippen MR) is 58.4 cm³/mol. The van der Waals surface area contributed by atoms with Gasteiger partial charge < -0.3 is 10.8 Å². The zero-order valence-corrected chi connectivity index (χ0v) is 9.24. The fourth-order valence-electron chi connectivity index (χ4n) is 2.02. The molecule has 1 atom stereocenters. The van der Waals surface area contributed by atoms with Crippen molar-refractivity contribution in [3.8, 4) is 0 Å². The third kappa shape index (κ3) is 2.13. The first kappa shape index (κ1) is 12.7. The monoisotopic (exact) mass is 260 g/mol. The number of amides is 1. The van der Waals surface area contributed by atoms with Gasteiger partial charge in [-0.05, 0) is 30.2 Å². The number of anilines is 1. The molecule has 0 saturated carbocycles. The zero-order valence-electron chi connectivity index (χ0n) is 9.24. The van der Waals surface area contributed by atoms with E-state index in [1.165, 1.54) is 0 Å². The van der Waals surface area contributed by atoms with Crippen LogP contribution in [-0.2, 0) is 6.18 Å². The van der Waals surface area contributed by atoms with Crippen LogP contribution in [0.25, 0.3) is 0 Å². The number of halogens is 3. The largest absolute Gasteiger partial charge is 0.465 e. The Labute approximate surface area is 101 Å². The molecule has 1 aliphatic heterocycles. The first-order chi connectivity index (χ1) is 8.30. The third-order valence-electron chi connectivity index (χ3n) is 2.94. The molecule has 0 aromatic heterocycles. The van der Waals surface area contributed by atoms with Gasteiger partial charge in [0, 0.05) is 12.6 Å². The van der Waals surface area contributed by atoms with Crippen LogP contribution in [0, 0.1) is 0 Å². The molecular weight excluding hydrogens is 249 g/mol. The minimum Gasteiger partial charge on any atom is -0.465 e. The number of alkyl halides is 3. The Morgan fingerprint density at radius 2 is 2.11 bits per heavy atom. The Kier molecular flexibility index (Phi) is 2.94. The van der Waals surface area contributed by atoms with Crippen LogP contribution in [-0.4, -0.2) is 17.7 Å². The van der Waals surface area contributed by atoms with E-state index in [-0.39, 0.29) is 17.8 Å². The lowest BCUT2D eigenvalue weighted by Gasteiger charge is -2.31. The molecule has 0 aliphatic carbocycles. The Morgan fingerprint density at radius 3 is 2.67 bits per heavy atom. The van der Waals surface area contributed by atoms with Gasteiger partial charge >= 0.3 is 12.3 Å². The highest BCUT2D eigenvalue weighted by molar-refractivity contribution is 5.88. The molecule has 1 aromatic rings. The van der Waals surface area contributed by atoms with Gasteiger partial charge in [0.15, 0.2) is 0 Å². The second-order valence-corrected chi connectivity index (χ2v) is 4.10. The number of nitrogens with two attached hydrogens (primary N) is 1. The number of rotatable bonds is 0. The molecule has 98 valence electrons. The van der Waals surface area contributed by atoms with Crippen molar-refractivity contribution < 1.29 is 23.1 Å². The van der Waals surface area contributed by atoms with Crippen molar-refractivity contribution in [1.82, 2.24) is 0 Å². The fraction of sp³-hybridized carbons (Fsp3) is 0.364. The molecule has 18 heavy (non-hydrogen) atoms. The van der Waals surface area contributed by atoms with Crippen LogP contribution < -0.4 is 10.6 Å². The van der Waals surface area contributed by atoms with Gasteiger partial charge in [0.25, 0.3) is 0 Å². The van der Waals surface area contributed by atoms with E-state index >= 15 is 0 Å². The molecule has 4 nitrogen and oxygen atoms in total. The summed E-state index contributed by atoms with van der Waals surface area (Å²) in [5.41, 5.74) is 5.37. The van der Waals surface area contributed by atoms with E-state index in [4.69, 9.17) is 10.8 Å². The van der Waals surface area contributed by atoms with Gasteiger partial charge in [0.05, 0.1) is 11.3 Å². The van der Waals surface area contributed by atoms with Crippen molar-refractivity contribution in [3.05, 3.63) is 29.3 Å². The van der Waals surface area contributed by atoms with Crippen LogP contribution in [0.2, 0.25) is 0 Å². The van der Waals surface area contributed by atoms with Crippen molar-refractivity contribution in [2.45, 2.75) is 18.6 Å². The molecule has 1 amide bonds. The van der Waals surface area contributed by atoms with Crippen LogP contribution in [0.3, 0.4) is 0 Å². The molecule has 1 aliphatic rings. The van der Waals surface area contributed by atoms with E-state index in [0.717, 1.165) is 23.1 Å². The van der Waals surface area contributed by atoms with Crippen molar-refractivity contribution in [1.29, 1.82) is 0 Å². The number of carboxylic acid groups (broad SMARTS) is 1. The lowest BCUT2D eigenvalue weighted by molar-refractivity contribution is -0.137. The number of hydrogen-bond donors (Lipinski definition) is 2. The van der Waals surface area contributed by atoms with Crippen molar-refractivity contribution in [3.63, 3.8) is 0 Å². The molecular formula is C11H11F3N2O2. The zero-order chi connectivity index (χ0) is 13.5. The highest BCUT2D eigenvalue weighted by atomic mass is 19.4. The van der Waals surface area contributed by atoms with Crippen molar-refractivity contribution in [2.24, 2.45) is 5.73 Å². The lowest BCUT2D eigenvalue weighted by atomic mass is 9.95. The quantitative estimate of drug-likeness (QED) is 0.753. The molecule has 0 bridgehead atoms. The summed E-state index contributed by atoms with van der Waals surface area (Å²) in [7, 11) is 0. The van der Waals surface area contributed by atoms with E-state index in [9.17, 15) is 18.0 Å². The fourth-order valence-corrected chi connectivity index (χ4v) is 2.02. The Hall–Kier alpha value is -1.76. The van der Waals surface area contributed by atoms with Crippen LogP contribution in [0.5, 0.6) is 0 Å². The van der Waals surface area contributed by atoms with Crippen LogP contribution in [0.15, 0.2) is 18.2 Å². The Balaban J connectivity index is 2.50. The van der Waals surface area contributed by atoms with Crippen LogP contribution in [0.4, 0.5) is 23.7 Å². The van der Waals surface area contributed by atoms with Gasteiger partial charge in [-0.2, -0.15) is 13.2 Å². The van der Waals surface area contributed by atoms with Gasteiger partial charge in [-0.25, -0.2) is 4.79 Å². The second-order valence-electron chi connectivity index (χ2n) is 4.10. The minimum absolute atomic E-state index is 0.189. The summed E-state index contributed by atoms with van der Waals surface area (Å²) in [6.45, 7) is 0.189. The van der Waals surface area contributed by atoms with Crippen molar-refractivity contribution >= 4 is 11.8 Å². The van der Waals surface area contributed by atoms with Gasteiger partial charge in [-0.1, -0.05) is 0 Å². The SMILES string of the molecule is NC1CCN(C(=O)O)c2ccc(C(F)(F)F)cc21. The topological polar surface area (TPSA) is 66.6 Å². The summed E-state index contributed by atoms with van der Waals surface area (Å²) in [6.07, 6.45) is -5.34. The summed E-state index contributed by atoms with van der Waals surface area (Å²) in [4.78, 5) is 12.0. The average molecular weight is 260 g/mol. The summed E-state index contributed by atoms with van der Waals surface area (Å²) < 4.78 is 37.7. The maximum Gasteiger partial charge on any atom is 0.416 e. The molecule has 0 fully saturated rings. The van der Waals surface area contributed by atoms with E-state index < -0.39 is 23.9 Å². The lowest BCUT2D eigenvalue weighted by Crippen LogP contribution is -2.37. The normalized spacial score (nSPS) is 19.6. The molecule has 1 heterocycles. The minimum atomic E-state index is -4.46. The Bertz CT molecular complexity index is 488. The summed E-state index contributed by atoms with van der Waals surface area (Å²) >= 11 is 0. The molecule has 0 spiro atoms. The average Bonchev–Trinajstić information content (AvgIpc) is 2.27. The summed E-state index contributed by atoms with van der Waals surface area (Å²) in [5, 5.41) is 8.96. The van der Waals surface area contributed by atoms with E-state index in [1.807, 2.05) is 0 Å². The number of benzene rings is 1. The molecule has 1 unspecified atom stereocenters. The number of fused-ring (bicyclic) bond motifs is 1. The molecule has 7 heteroatoms. The van der Waals surface area contributed by atoms with Gasteiger partial charge in [-0.3, -0.25) is 4.90 Å². The standard InChI is InChI=1S/C11H11F3N2O2/c12-11(13,14)6-1-2-9-7(5-6)8(15)3-4-16(9)10(17)18/h1-2,5,8H,3-4,15H2,(H,17,18). The third-order valence-corrected chi connectivity index (χ3v) is 2.94. The molecule has 3 N–H and O–H groups in total. The predicted octanol–water partition coefficient (Wildman–Crippen LogP) is 2.59. The van der Waals surface area contributed by atoms with Crippen LogP contribution in [0.1, 0.15) is 23.6 Å². The first-order valence-electron chi connectivity index (χ1n) is 5.28. The highest BCUT2D eigenvalue weighted by Crippen LogP contribution is 2.37. The number of nitrogens with zero attached hydrogens (tertiary/aromatic N) is 1. The first-order valence-corrected chi connectivity index (χ1v) is 5.28. The van der Waals surface area contributed by atoms with E-state index in [2.05, 4.69) is 0 Å². The Morgan fingerprint density at radius 1 is 1.44 bits per heavy atom. The van der Waals surface area contributed by atoms with Gasteiger partial charge in [-0.15, -0.1) is 0 Å². The molecule has 1 aromatic carbocycles. The van der Waals surface area contributed by atoms with Gasteiger partial charge in [0.1, 0.15) is 0 Å². The highest BCUT2D eigenvalue weighted by Gasteiger charge is 2.34. The summed E-state index contributed by atoms with van der Waals surface area (Å²) in [6, 6.07) is 2.38.